The highest BCUT2D eigenvalue weighted by Crippen LogP contribution is 2.15. The molecule has 0 radical (unpaired) electrons. The van der Waals surface area contributed by atoms with Crippen molar-refractivity contribution in [3.05, 3.63) is 46.8 Å². The van der Waals surface area contributed by atoms with Crippen LogP contribution in [0.2, 0.25) is 0 Å². The van der Waals surface area contributed by atoms with Crippen LogP contribution < -0.4 is 10.9 Å². The number of benzene rings is 1. The molecule has 0 saturated carbocycles. The van der Waals surface area contributed by atoms with Gasteiger partial charge in [-0.05, 0) is 38.0 Å². The molecule has 0 aliphatic heterocycles. The molecule has 0 saturated heterocycles. The van der Waals surface area contributed by atoms with Crippen LogP contribution in [-0.4, -0.2) is 26.7 Å². The second-order valence-electron chi connectivity index (χ2n) is 5.29. The molecule has 7 nitrogen and oxygen atoms in total. The summed E-state index contributed by atoms with van der Waals surface area (Å²) >= 11 is 0. The molecule has 2 aromatic rings. The number of carbonyl (C=O) groups excluding carboxylic acids is 2. The second kappa shape index (κ2) is 6.95. The number of aryl methyl sites for hydroxylation is 2. The minimum atomic E-state index is -0.565. The number of hydrazine groups is 1. The Balaban J connectivity index is 1.86. The fraction of sp³-hybridized carbons (Fsp3) is 0.312. The number of para-hydroxylation sites is 1. The van der Waals surface area contributed by atoms with Crippen LogP contribution in [0.5, 0.6) is 5.75 Å². The van der Waals surface area contributed by atoms with E-state index in [1.165, 1.54) is 12.1 Å². The molecule has 0 spiro atoms. The lowest BCUT2D eigenvalue weighted by atomic mass is 10.1. The van der Waals surface area contributed by atoms with Gasteiger partial charge in [-0.2, -0.15) is 5.10 Å². The number of phenols is 1. The predicted octanol–water partition coefficient (Wildman–Crippen LogP) is 1.14. The van der Waals surface area contributed by atoms with Crippen molar-refractivity contribution >= 4 is 11.8 Å². The Morgan fingerprint density at radius 2 is 1.91 bits per heavy atom. The Hall–Kier alpha value is -2.83. The van der Waals surface area contributed by atoms with Crippen molar-refractivity contribution in [2.24, 2.45) is 7.05 Å². The molecule has 0 bridgehead atoms. The van der Waals surface area contributed by atoms with Crippen molar-refractivity contribution in [3.8, 4) is 5.75 Å². The minimum Gasteiger partial charge on any atom is -0.507 e. The van der Waals surface area contributed by atoms with Gasteiger partial charge in [-0.3, -0.25) is 25.1 Å². The van der Waals surface area contributed by atoms with E-state index in [-0.39, 0.29) is 23.6 Å². The molecule has 0 unspecified atom stereocenters. The van der Waals surface area contributed by atoms with Gasteiger partial charge >= 0.3 is 0 Å². The maximum absolute atomic E-state index is 11.9. The van der Waals surface area contributed by atoms with E-state index in [1.54, 1.807) is 16.8 Å². The monoisotopic (exact) mass is 316 g/mol. The van der Waals surface area contributed by atoms with Gasteiger partial charge < -0.3 is 5.11 Å². The van der Waals surface area contributed by atoms with Gasteiger partial charge in [0.2, 0.25) is 5.91 Å². The average molecular weight is 316 g/mol. The van der Waals surface area contributed by atoms with Crippen molar-refractivity contribution in [2.45, 2.75) is 26.7 Å². The van der Waals surface area contributed by atoms with Crippen LogP contribution in [0, 0.1) is 13.8 Å². The molecule has 1 aromatic carbocycles. The highest BCUT2D eigenvalue weighted by atomic mass is 16.3. The molecule has 1 aromatic heterocycles. The molecule has 0 atom stereocenters. The van der Waals surface area contributed by atoms with E-state index >= 15 is 0 Å². The van der Waals surface area contributed by atoms with E-state index in [4.69, 9.17) is 0 Å². The van der Waals surface area contributed by atoms with Crippen LogP contribution in [-0.2, 0) is 18.3 Å². The second-order valence-corrected chi connectivity index (χ2v) is 5.29. The van der Waals surface area contributed by atoms with Gasteiger partial charge in [-0.25, -0.2) is 0 Å². The fourth-order valence-electron chi connectivity index (χ4n) is 2.34. The van der Waals surface area contributed by atoms with E-state index in [2.05, 4.69) is 16.0 Å². The molecular formula is C16H20N4O3. The predicted molar refractivity (Wildman–Crippen MR) is 84.7 cm³/mol. The molecule has 2 rings (SSSR count). The standard InChI is InChI=1S/C16H20N4O3/c1-10-12(11(2)20(3)19-10)8-9-15(22)17-18-16(23)13-6-4-5-7-14(13)21/h4-7,21H,8-9H2,1-3H3,(H,17,22)(H,18,23). The first-order valence-corrected chi connectivity index (χ1v) is 7.26. The van der Waals surface area contributed by atoms with Crippen LogP contribution >= 0.6 is 0 Å². The van der Waals surface area contributed by atoms with E-state index in [0.717, 1.165) is 17.0 Å². The summed E-state index contributed by atoms with van der Waals surface area (Å²) in [5.41, 5.74) is 7.70. The smallest absolute Gasteiger partial charge is 0.273 e. The fourth-order valence-corrected chi connectivity index (χ4v) is 2.34. The summed E-state index contributed by atoms with van der Waals surface area (Å²) in [5.74, 6) is -1.01. The largest absolute Gasteiger partial charge is 0.507 e. The maximum Gasteiger partial charge on any atom is 0.273 e. The van der Waals surface area contributed by atoms with Crippen LogP contribution in [0.1, 0.15) is 33.7 Å². The van der Waals surface area contributed by atoms with Gasteiger partial charge in [-0.1, -0.05) is 12.1 Å². The zero-order valence-corrected chi connectivity index (χ0v) is 13.4. The topological polar surface area (TPSA) is 96.3 Å². The van der Waals surface area contributed by atoms with Crippen molar-refractivity contribution in [1.29, 1.82) is 0 Å². The number of aromatic hydroxyl groups is 1. The summed E-state index contributed by atoms with van der Waals surface area (Å²) in [6.45, 7) is 3.85. The lowest BCUT2D eigenvalue weighted by Crippen LogP contribution is -2.41. The quantitative estimate of drug-likeness (QED) is 0.737. The molecule has 2 amide bonds. The number of nitrogens with zero attached hydrogens (tertiary/aromatic N) is 2. The zero-order valence-electron chi connectivity index (χ0n) is 13.4. The number of rotatable bonds is 4. The van der Waals surface area contributed by atoms with Gasteiger partial charge in [0.25, 0.3) is 5.91 Å². The van der Waals surface area contributed by atoms with Gasteiger partial charge in [0, 0.05) is 19.2 Å². The van der Waals surface area contributed by atoms with Crippen molar-refractivity contribution in [3.63, 3.8) is 0 Å². The third-order valence-electron chi connectivity index (χ3n) is 3.73. The molecule has 122 valence electrons. The first-order valence-electron chi connectivity index (χ1n) is 7.26. The summed E-state index contributed by atoms with van der Waals surface area (Å²) in [6, 6.07) is 6.12. The zero-order chi connectivity index (χ0) is 17.0. The normalized spacial score (nSPS) is 10.4. The van der Waals surface area contributed by atoms with Crippen molar-refractivity contribution in [1.82, 2.24) is 20.6 Å². The lowest BCUT2D eigenvalue weighted by molar-refractivity contribution is -0.121. The number of nitrogens with one attached hydrogen (secondary N) is 2. The number of hydrogen-bond donors (Lipinski definition) is 3. The van der Waals surface area contributed by atoms with E-state index in [0.29, 0.717) is 6.42 Å². The first kappa shape index (κ1) is 16.5. The Morgan fingerprint density at radius 3 is 2.52 bits per heavy atom. The van der Waals surface area contributed by atoms with Crippen molar-refractivity contribution < 1.29 is 14.7 Å². The van der Waals surface area contributed by atoms with E-state index < -0.39 is 5.91 Å². The van der Waals surface area contributed by atoms with E-state index in [9.17, 15) is 14.7 Å². The summed E-state index contributed by atoms with van der Waals surface area (Å²) in [5, 5.41) is 13.9. The summed E-state index contributed by atoms with van der Waals surface area (Å²) < 4.78 is 1.78. The SMILES string of the molecule is Cc1nn(C)c(C)c1CCC(=O)NNC(=O)c1ccccc1O. The Morgan fingerprint density at radius 1 is 1.22 bits per heavy atom. The molecule has 3 N–H and O–H groups in total. The molecule has 7 heteroatoms. The van der Waals surface area contributed by atoms with E-state index in [1.807, 2.05) is 20.9 Å². The summed E-state index contributed by atoms with van der Waals surface area (Å²) in [6.07, 6.45) is 0.776. The number of phenolic OH excluding ortho intramolecular Hbond substituents is 1. The maximum atomic E-state index is 11.9. The lowest BCUT2D eigenvalue weighted by Gasteiger charge is -2.08. The van der Waals surface area contributed by atoms with Crippen LogP contribution in [0.15, 0.2) is 24.3 Å². The summed E-state index contributed by atoms with van der Waals surface area (Å²) in [7, 11) is 1.86. The number of amides is 2. The number of carbonyl (C=O) groups is 2. The highest BCUT2D eigenvalue weighted by molar-refractivity contribution is 5.97. The Bertz CT molecular complexity index is 737. The molecular weight excluding hydrogens is 296 g/mol. The van der Waals surface area contributed by atoms with Crippen molar-refractivity contribution in [2.75, 3.05) is 0 Å². The number of hydrogen-bond acceptors (Lipinski definition) is 4. The van der Waals surface area contributed by atoms with Crippen LogP contribution in [0.25, 0.3) is 0 Å². The highest BCUT2D eigenvalue weighted by Gasteiger charge is 2.13. The van der Waals surface area contributed by atoms with Gasteiger partial charge in [-0.15, -0.1) is 0 Å². The minimum absolute atomic E-state index is 0.103. The molecule has 0 aliphatic carbocycles. The third kappa shape index (κ3) is 3.88. The summed E-state index contributed by atoms with van der Waals surface area (Å²) in [4.78, 5) is 23.7. The van der Waals surface area contributed by atoms with Gasteiger partial charge in [0.15, 0.2) is 0 Å². The average Bonchev–Trinajstić information content (AvgIpc) is 2.76. The molecule has 23 heavy (non-hydrogen) atoms. The Labute approximate surface area is 134 Å². The molecule has 0 aliphatic rings. The van der Waals surface area contributed by atoms with Crippen LogP contribution in [0.4, 0.5) is 0 Å². The first-order chi connectivity index (χ1) is 10.9. The molecule has 1 heterocycles. The van der Waals surface area contributed by atoms with Crippen LogP contribution in [0.3, 0.4) is 0 Å². The number of aromatic nitrogens is 2. The van der Waals surface area contributed by atoms with Gasteiger partial charge in [0.05, 0.1) is 11.3 Å². The van der Waals surface area contributed by atoms with Gasteiger partial charge in [0.1, 0.15) is 5.75 Å². The molecule has 0 fully saturated rings. The Kier molecular flexibility index (Phi) is 5.00. The third-order valence-corrected chi connectivity index (χ3v) is 3.73.